The van der Waals surface area contributed by atoms with Gasteiger partial charge in [0.1, 0.15) is 11.3 Å². The molecule has 5 rings (SSSR count). The second kappa shape index (κ2) is 11.0. The zero-order valence-electron chi connectivity index (χ0n) is 20.4. The van der Waals surface area contributed by atoms with Crippen LogP contribution in [0.15, 0.2) is 86.9 Å². The molecular formula is C28H25ClN2O6S. The van der Waals surface area contributed by atoms with Crippen LogP contribution in [0.2, 0.25) is 5.02 Å². The number of fused-ring (bicyclic) bond motifs is 1. The van der Waals surface area contributed by atoms with Crippen LogP contribution in [0.1, 0.15) is 19.3 Å². The van der Waals surface area contributed by atoms with E-state index in [1.807, 2.05) is 30.3 Å². The predicted molar refractivity (Wildman–Crippen MR) is 146 cm³/mol. The number of nitrogens with zero attached hydrogens (tertiary/aromatic N) is 1. The Morgan fingerprint density at radius 1 is 0.974 bits per heavy atom. The van der Waals surface area contributed by atoms with E-state index < -0.39 is 28.2 Å². The molecular weight excluding hydrogens is 528 g/mol. The average Bonchev–Trinajstić information content (AvgIpc) is 2.93. The van der Waals surface area contributed by atoms with Gasteiger partial charge in [0.2, 0.25) is 10.0 Å². The molecule has 1 aromatic heterocycles. The van der Waals surface area contributed by atoms with E-state index >= 15 is 0 Å². The Balaban J connectivity index is 1.31. The molecule has 3 aromatic carbocycles. The summed E-state index contributed by atoms with van der Waals surface area (Å²) >= 11 is 6.44. The average molecular weight is 553 g/mol. The van der Waals surface area contributed by atoms with Gasteiger partial charge in [-0.2, -0.15) is 4.31 Å². The SMILES string of the molecule is O=C(COc1cc2oc(=O)cc(-c3ccccc3)c2cc1Cl)Nc1cccc(S(=O)(=O)N2CCCCC2)c1. The van der Waals surface area contributed by atoms with Crippen LogP contribution in [0.3, 0.4) is 0 Å². The number of sulfonamides is 1. The molecule has 0 aliphatic carbocycles. The van der Waals surface area contributed by atoms with Crippen molar-refractivity contribution in [3.63, 3.8) is 0 Å². The van der Waals surface area contributed by atoms with Crippen molar-refractivity contribution in [3.05, 3.63) is 88.2 Å². The number of halogens is 1. The van der Waals surface area contributed by atoms with Crippen LogP contribution in [-0.4, -0.2) is 38.3 Å². The molecule has 0 bridgehead atoms. The minimum atomic E-state index is -3.63. The normalized spacial score (nSPS) is 14.3. The molecule has 1 amide bonds. The smallest absolute Gasteiger partial charge is 0.336 e. The van der Waals surface area contributed by atoms with Crippen molar-refractivity contribution in [2.75, 3.05) is 25.0 Å². The lowest BCUT2D eigenvalue weighted by Gasteiger charge is -2.26. The highest BCUT2D eigenvalue weighted by Gasteiger charge is 2.26. The number of ether oxygens (including phenoxy) is 1. The van der Waals surface area contributed by atoms with E-state index in [0.717, 1.165) is 24.8 Å². The zero-order valence-corrected chi connectivity index (χ0v) is 21.9. The molecule has 0 radical (unpaired) electrons. The number of amides is 1. The number of carbonyl (C=O) groups excluding carboxylic acids is 1. The molecule has 0 spiro atoms. The Hall–Kier alpha value is -3.66. The van der Waals surface area contributed by atoms with Gasteiger partial charge in [-0.3, -0.25) is 4.79 Å². The highest BCUT2D eigenvalue weighted by Crippen LogP contribution is 2.35. The van der Waals surface area contributed by atoms with Crippen LogP contribution in [0.4, 0.5) is 5.69 Å². The third kappa shape index (κ3) is 5.60. The van der Waals surface area contributed by atoms with Crippen molar-refractivity contribution in [2.45, 2.75) is 24.2 Å². The Kier molecular flexibility index (Phi) is 7.51. The van der Waals surface area contributed by atoms with E-state index in [-0.39, 0.29) is 21.3 Å². The maximum absolute atomic E-state index is 13.0. The fraction of sp³-hybridized carbons (Fsp3) is 0.214. The first-order chi connectivity index (χ1) is 18.3. The van der Waals surface area contributed by atoms with Gasteiger partial charge in [-0.25, -0.2) is 13.2 Å². The lowest BCUT2D eigenvalue weighted by atomic mass is 10.0. The maximum atomic E-state index is 13.0. The van der Waals surface area contributed by atoms with Crippen molar-refractivity contribution >= 4 is 44.2 Å². The van der Waals surface area contributed by atoms with E-state index in [1.54, 1.807) is 18.2 Å². The largest absolute Gasteiger partial charge is 0.482 e. The van der Waals surface area contributed by atoms with E-state index in [4.69, 9.17) is 20.8 Å². The predicted octanol–water partition coefficient (Wildman–Crippen LogP) is 5.31. The van der Waals surface area contributed by atoms with Crippen LogP contribution in [0.25, 0.3) is 22.1 Å². The molecule has 8 nitrogen and oxygen atoms in total. The van der Waals surface area contributed by atoms with E-state index in [0.29, 0.717) is 29.7 Å². The van der Waals surface area contributed by atoms with Crippen LogP contribution in [0.5, 0.6) is 5.75 Å². The first-order valence-corrected chi connectivity index (χ1v) is 14.0. The van der Waals surface area contributed by atoms with Crippen LogP contribution >= 0.6 is 11.6 Å². The van der Waals surface area contributed by atoms with Crippen molar-refractivity contribution in [1.82, 2.24) is 4.31 Å². The minimum Gasteiger partial charge on any atom is -0.482 e. The molecule has 4 aromatic rings. The summed E-state index contributed by atoms with van der Waals surface area (Å²) in [4.78, 5) is 24.9. The number of nitrogens with one attached hydrogen (secondary N) is 1. The molecule has 1 aliphatic rings. The summed E-state index contributed by atoms with van der Waals surface area (Å²) in [6, 6.07) is 20.0. The van der Waals surface area contributed by atoms with Crippen molar-refractivity contribution in [1.29, 1.82) is 0 Å². The number of hydrogen-bond acceptors (Lipinski definition) is 6. The number of benzene rings is 3. The summed E-state index contributed by atoms with van der Waals surface area (Å²) in [6.45, 7) is 0.593. The van der Waals surface area contributed by atoms with Gasteiger partial charge in [0, 0.05) is 36.3 Å². The van der Waals surface area contributed by atoms with Gasteiger partial charge in [0.05, 0.1) is 9.92 Å². The monoisotopic (exact) mass is 552 g/mol. The van der Waals surface area contributed by atoms with Crippen molar-refractivity contribution in [3.8, 4) is 16.9 Å². The van der Waals surface area contributed by atoms with Crippen molar-refractivity contribution in [2.24, 2.45) is 0 Å². The lowest BCUT2D eigenvalue weighted by molar-refractivity contribution is -0.118. The topological polar surface area (TPSA) is 106 Å². The number of piperidine rings is 1. The molecule has 1 fully saturated rings. The van der Waals surface area contributed by atoms with E-state index in [9.17, 15) is 18.0 Å². The summed E-state index contributed by atoms with van der Waals surface area (Å²) in [6.07, 6.45) is 2.69. The highest BCUT2D eigenvalue weighted by atomic mass is 35.5. The van der Waals surface area contributed by atoms with Gasteiger partial charge >= 0.3 is 5.63 Å². The Morgan fingerprint density at radius 2 is 1.74 bits per heavy atom. The summed E-state index contributed by atoms with van der Waals surface area (Å²) in [7, 11) is -3.63. The fourth-order valence-electron chi connectivity index (χ4n) is 4.46. The van der Waals surface area contributed by atoms with Gasteiger partial charge < -0.3 is 14.5 Å². The quantitative estimate of drug-likeness (QED) is 0.312. The van der Waals surface area contributed by atoms with E-state index in [2.05, 4.69) is 5.32 Å². The first kappa shape index (κ1) is 26.0. The maximum Gasteiger partial charge on any atom is 0.336 e. The minimum absolute atomic E-state index is 0.125. The summed E-state index contributed by atoms with van der Waals surface area (Å²) in [5.74, 6) is -0.336. The molecule has 1 N–H and O–H groups in total. The molecule has 38 heavy (non-hydrogen) atoms. The lowest BCUT2D eigenvalue weighted by Crippen LogP contribution is -2.35. The second-order valence-electron chi connectivity index (χ2n) is 8.95. The standard InChI is InChI=1S/C28H25ClN2O6S/c29-24-15-23-22(19-8-3-1-4-9-19)16-28(33)37-25(23)17-26(24)36-18-27(32)30-20-10-7-11-21(14-20)38(34,35)31-12-5-2-6-13-31/h1,3-4,7-11,14-17H,2,5-6,12-13,18H2,(H,30,32). The van der Waals surface area contributed by atoms with Gasteiger partial charge in [-0.05, 0) is 48.2 Å². The molecule has 0 saturated carbocycles. The van der Waals surface area contributed by atoms with Crippen LogP contribution in [-0.2, 0) is 14.8 Å². The molecule has 10 heteroatoms. The molecule has 0 atom stereocenters. The molecule has 1 aliphatic heterocycles. The molecule has 2 heterocycles. The number of rotatable bonds is 7. The Bertz CT molecular complexity index is 1650. The second-order valence-corrected chi connectivity index (χ2v) is 11.3. The van der Waals surface area contributed by atoms with Gasteiger partial charge in [0.25, 0.3) is 5.91 Å². The van der Waals surface area contributed by atoms with E-state index in [1.165, 1.54) is 28.6 Å². The van der Waals surface area contributed by atoms with Crippen LogP contribution in [0, 0.1) is 0 Å². The van der Waals surface area contributed by atoms with Crippen molar-refractivity contribution < 1.29 is 22.4 Å². The van der Waals surface area contributed by atoms with Crippen LogP contribution < -0.4 is 15.7 Å². The zero-order chi connectivity index (χ0) is 26.7. The number of carbonyl (C=O) groups is 1. The molecule has 0 unspecified atom stereocenters. The van der Waals surface area contributed by atoms with Gasteiger partial charge in [0.15, 0.2) is 6.61 Å². The third-order valence-electron chi connectivity index (χ3n) is 6.31. The summed E-state index contributed by atoms with van der Waals surface area (Å²) in [5, 5.41) is 3.53. The number of hydrogen-bond donors (Lipinski definition) is 1. The summed E-state index contributed by atoms with van der Waals surface area (Å²) in [5.41, 5.74) is 1.58. The number of anilines is 1. The van der Waals surface area contributed by atoms with Gasteiger partial charge in [-0.1, -0.05) is 54.4 Å². The Morgan fingerprint density at radius 3 is 2.50 bits per heavy atom. The fourth-order valence-corrected chi connectivity index (χ4v) is 6.24. The highest BCUT2D eigenvalue weighted by molar-refractivity contribution is 7.89. The third-order valence-corrected chi connectivity index (χ3v) is 8.50. The summed E-state index contributed by atoms with van der Waals surface area (Å²) < 4.78 is 38.4. The Labute approximate surface area is 224 Å². The van der Waals surface area contributed by atoms with Gasteiger partial charge in [-0.15, -0.1) is 0 Å². The molecule has 196 valence electrons. The first-order valence-electron chi connectivity index (χ1n) is 12.2. The molecule has 1 saturated heterocycles.